The zero-order chi connectivity index (χ0) is 22.5. The fraction of sp³-hybridized carbons (Fsp3) is 0.200. The largest absolute Gasteiger partial charge is 0.490 e. The summed E-state index contributed by atoms with van der Waals surface area (Å²) in [6.07, 6.45) is 1.82. The molecule has 0 unspecified atom stereocenters. The molecule has 1 aromatic heterocycles. The monoisotopic (exact) mass is 434 g/mol. The number of nitrogens with one attached hydrogen (secondary N) is 1. The van der Waals surface area contributed by atoms with Gasteiger partial charge in [-0.05, 0) is 42.3 Å². The summed E-state index contributed by atoms with van der Waals surface area (Å²) in [7, 11) is 0. The van der Waals surface area contributed by atoms with Crippen molar-refractivity contribution < 1.29 is 18.8 Å². The summed E-state index contributed by atoms with van der Waals surface area (Å²) in [5, 5.41) is 12.4. The van der Waals surface area contributed by atoms with E-state index >= 15 is 0 Å². The quantitative estimate of drug-likeness (QED) is 0.271. The van der Waals surface area contributed by atoms with Gasteiger partial charge in [-0.15, -0.1) is 0 Å². The average Bonchev–Trinajstić information content (AvgIpc) is 3.22. The summed E-state index contributed by atoms with van der Waals surface area (Å²) in [6.45, 7) is 2.03. The minimum Gasteiger partial charge on any atom is -0.490 e. The molecule has 32 heavy (non-hydrogen) atoms. The Morgan fingerprint density at radius 2 is 1.81 bits per heavy atom. The van der Waals surface area contributed by atoms with Crippen molar-refractivity contribution in [2.24, 2.45) is 0 Å². The zero-order valence-electron chi connectivity index (χ0n) is 17.6. The molecule has 4 rings (SSSR count). The number of para-hydroxylation sites is 1. The Bertz CT molecular complexity index is 1240. The van der Waals surface area contributed by atoms with Crippen molar-refractivity contribution >= 4 is 10.9 Å². The maximum absolute atomic E-state index is 13.9. The second kappa shape index (κ2) is 9.51. The zero-order valence-corrected chi connectivity index (χ0v) is 17.6. The fourth-order valence-corrected chi connectivity index (χ4v) is 3.81. The molecule has 0 spiro atoms. The van der Waals surface area contributed by atoms with E-state index in [0.29, 0.717) is 23.7 Å². The summed E-state index contributed by atoms with van der Waals surface area (Å²) in [5.41, 5.74) is 2.95. The summed E-state index contributed by atoms with van der Waals surface area (Å²) in [4.78, 5) is 14.4. The highest BCUT2D eigenvalue weighted by molar-refractivity contribution is 5.84. The van der Waals surface area contributed by atoms with Crippen LogP contribution in [-0.4, -0.2) is 23.1 Å². The second-order valence-electron chi connectivity index (χ2n) is 7.38. The second-order valence-corrected chi connectivity index (χ2v) is 7.38. The lowest BCUT2D eigenvalue weighted by atomic mass is 9.90. The van der Waals surface area contributed by atoms with Crippen LogP contribution in [0.1, 0.15) is 29.5 Å². The number of rotatable bonds is 9. The van der Waals surface area contributed by atoms with E-state index in [1.54, 1.807) is 36.4 Å². The Hall–Kier alpha value is -3.87. The molecule has 0 aliphatic carbocycles. The molecule has 1 N–H and O–H groups in total. The lowest BCUT2D eigenvalue weighted by Gasteiger charge is -2.17. The molecule has 1 heterocycles. The van der Waals surface area contributed by atoms with Gasteiger partial charge >= 0.3 is 0 Å². The van der Waals surface area contributed by atoms with Gasteiger partial charge in [-0.2, -0.15) is 0 Å². The van der Waals surface area contributed by atoms with Crippen LogP contribution in [0.25, 0.3) is 10.9 Å². The summed E-state index contributed by atoms with van der Waals surface area (Å²) >= 11 is 0. The van der Waals surface area contributed by atoms with Gasteiger partial charge in [0, 0.05) is 27.6 Å². The molecule has 7 heteroatoms. The van der Waals surface area contributed by atoms with Crippen molar-refractivity contribution in [1.82, 2.24) is 4.98 Å². The van der Waals surface area contributed by atoms with E-state index < -0.39 is 5.92 Å². The van der Waals surface area contributed by atoms with E-state index in [0.717, 1.165) is 22.0 Å². The number of benzene rings is 3. The maximum atomic E-state index is 13.9. The Morgan fingerprint density at radius 3 is 2.59 bits per heavy atom. The van der Waals surface area contributed by atoms with Gasteiger partial charge in [0.1, 0.15) is 12.4 Å². The maximum Gasteiger partial charge on any atom is 0.214 e. The molecule has 0 amide bonds. The van der Waals surface area contributed by atoms with Crippen molar-refractivity contribution in [3.63, 3.8) is 0 Å². The number of halogens is 1. The Kier molecular flexibility index (Phi) is 6.35. The number of hydrogen-bond donors (Lipinski definition) is 1. The number of ether oxygens (including phenoxy) is 2. The van der Waals surface area contributed by atoms with Crippen LogP contribution in [0.2, 0.25) is 0 Å². The molecule has 0 fully saturated rings. The Labute approximate surface area is 184 Å². The van der Waals surface area contributed by atoms with E-state index in [1.807, 2.05) is 37.4 Å². The molecule has 1 atom stereocenters. The molecule has 0 saturated carbocycles. The highest BCUT2D eigenvalue weighted by Gasteiger charge is 2.24. The number of nitrogens with zero attached hydrogens (tertiary/aromatic N) is 1. The molecule has 0 aliphatic heterocycles. The van der Waals surface area contributed by atoms with Crippen LogP contribution in [0.5, 0.6) is 11.5 Å². The first kappa shape index (κ1) is 21.4. The van der Waals surface area contributed by atoms with Crippen LogP contribution < -0.4 is 9.47 Å². The third kappa shape index (κ3) is 4.56. The van der Waals surface area contributed by atoms with E-state index in [-0.39, 0.29) is 23.9 Å². The molecule has 6 nitrogen and oxygen atoms in total. The van der Waals surface area contributed by atoms with Gasteiger partial charge in [-0.25, -0.2) is 4.39 Å². The van der Waals surface area contributed by atoms with Gasteiger partial charge in [0.15, 0.2) is 11.5 Å². The van der Waals surface area contributed by atoms with Gasteiger partial charge in [0.05, 0.1) is 12.5 Å². The van der Waals surface area contributed by atoms with Crippen LogP contribution in [0.3, 0.4) is 0 Å². The summed E-state index contributed by atoms with van der Waals surface area (Å²) in [6, 6.07) is 19.4. The van der Waals surface area contributed by atoms with Crippen LogP contribution in [0.15, 0.2) is 72.9 Å². The molecule has 164 valence electrons. The van der Waals surface area contributed by atoms with E-state index in [1.165, 1.54) is 6.07 Å². The first-order chi connectivity index (χ1) is 15.6. The Balaban J connectivity index is 1.68. The minimum atomic E-state index is -0.471. The number of aromatic amines is 1. The van der Waals surface area contributed by atoms with Crippen molar-refractivity contribution in [1.29, 1.82) is 0 Å². The molecule has 0 radical (unpaired) electrons. The number of H-pyrrole nitrogens is 1. The molecule has 0 saturated heterocycles. The lowest BCUT2D eigenvalue weighted by molar-refractivity contribution is -0.481. The topological polar surface area (TPSA) is 77.4 Å². The highest BCUT2D eigenvalue weighted by atomic mass is 19.1. The van der Waals surface area contributed by atoms with Crippen molar-refractivity contribution in [3.05, 3.63) is 106 Å². The smallest absolute Gasteiger partial charge is 0.214 e. The molecular weight excluding hydrogens is 411 g/mol. The SMILES string of the molecule is CCOc1cc([C@H](C[N+](=O)[O-])c2c[nH]c3ccccc23)ccc1OCc1ccccc1F. The lowest BCUT2D eigenvalue weighted by Crippen LogP contribution is -2.14. The van der Waals surface area contributed by atoms with E-state index in [2.05, 4.69) is 4.98 Å². The molecule has 3 aromatic carbocycles. The van der Waals surface area contributed by atoms with Crippen LogP contribution >= 0.6 is 0 Å². The normalized spacial score (nSPS) is 11.9. The average molecular weight is 434 g/mol. The van der Waals surface area contributed by atoms with Crippen molar-refractivity contribution in [3.8, 4) is 11.5 Å². The number of aromatic nitrogens is 1. The first-order valence-electron chi connectivity index (χ1n) is 10.4. The highest BCUT2D eigenvalue weighted by Crippen LogP contribution is 2.36. The molecule has 0 aliphatic rings. The summed E-state index contributed by atoms with van der Waals surface area (Å²) in [5.74, 6) is 0.112. The van der Waals surface area contributed by atoms with Gasteiger partial charge in [-0.1, -0.05) is 42.5 Å². The third-order valence-corrected chi connectivity index (χ3v) is 5.34. The van der Waals surface area contributed by atoms with Gasteiger partial charge in [0.25, 0.3) is 0 Å². The van der Waals surface area contributed by atoms with E-state index in [9.17, 15) is 14.5 Å². The molecule has 0 bridgehead atoms. The minimum absolute atomic E-state index is 0.0485. The first-order valence-corrected chi connectivity index (χ1v) is 10.4. The standard InChI is InChI=1S/C25H23FN2O4/c1-2-31-25-13-17(11-12-24(25)32-16-18-7-3-5-9-22(18)26)21(15-28(29)30)20-14-27-23-10-6-4-8-19(20)23/h3-14,21,27H,2,15-16H2,1H3/t21-/m0/s1. The fourth-order valence-electron chi connectivity index (χ4n) is 3.81. The van der Waals surface area contributed by atoms with Gasteiger partial charge in [0.2, 0.25) is 6.54 Å². The predicted molar refractivity (Wildman–Crippen MR) is 120 cm³/mol. The van der Waals surface area contributed by atoms with Crippen molar-refractivity contribution in [2.45, 2.75) is 19.4 Å². The van der Waals surface area contributed by atoms with Crippen LogP contribution in [0.4, 0.5) is 4.39 Å². The van der Waals surface area contributed by atoms with Gasteiger partial charge in [-0.3, -0.25) is 10.1 Å². The van der Waals surface area contributed by atoms with E-state index in [4.69, 9.17) is 9.47 Å². The predicted octanol–water partition coefficient (Wildman–Crippen LogP) is 5.69. The Morgan fingerprint density at radius 1 is 1.03 bits per heavy atom. The van der Waals surface area contributed by atoms with Crippen molar-refractivity contribution in [2.75, 3.05) is 13.2 Å². The number of nitro groups is 1. The van der Waals surface area contributed by atoms with Crippen LogP contribution in [-0.2, 0) is 6.61 Å². The van der Waals surface area contributed by atoms with Gasteiger partial charge < -0.3 is 14.5 Å². The molecular formula is C25H23FN2O4. The summed E-state index contributed by atoms with van der Waals surface area (Å²) < 4.78 is 25.5. The number of hydrogen-bond acceptors (Lipinski definition) is 4. The molecule has 4 aromatic rings. The van der Waals surface area contributed by atoms with Crippen LogP contribution in [0, 0.1) is 15.9 Å². The number of fused-ring (bicyclic) bond motifs is 1. The third-order valence-electron chi connectivity index (χ3n) is 5.34.